The molecule has 0 aromatic carbocycles. The molecule has 68 valence electrons. The Bertz CT molecular complexity index is 498. The fourth-order valence-corrected chi connectivity index (χ4v) is 1.49. The van der Waals surface area contributed by atoms with Gasteiger partial charge >= 0.3 is 0 Å². The predicted octanol–water partition coefficient (Wildman–Crippen LogP) is 1.74. The van der Waals surface area contributed by atoms with Gasteiger partial charge in [-0.3, -0.25) is 0 Å². The minimum Gasteiger partial charge on any atom is -0.243 e. The second-order valence-electron chi connectivity index (χ2n) is 2.59. The van der Waals surface area contributed by atoms with Crippen LogP contribution in [0.5, 0.6) is 0 Å². The first-order chi connectivity index (χ1) is 6.81. The Kier molecular flexibility index (Phi) is 2.45. The van der Waals surface area contributed by atoms with E-state index in [4.69, 9.17) is 5.26 Å². The third kappa shape index (κ3) is 1.61. The van der Waals surface area contributed by atoms with Crippen molar-refractivity contribution in [2.24, 2.45) is 0 Å². The highest BCUT2D eigenvalue weighted by molar-refractivity contribution is 14.1. The molecule has 4 nitrogen and oxygen atoms in total. The van der Waals surface area contributed by atoms with E-state index < -0.39 is 0 Å². The van der Waals surface area contributed by atoms with Gasteiger partial charge in [0.25, 0.3) is 0 Å². The summed E-state index contributed by atoms with van der Waals surface area (Å²) in [5, 5.41) is 12.9. The summed E-state index contributed by atoms with van der Waals surface area (Å²) >= 11 is 2.16. The van der Waals surface area contributed by atoms with Gasteiger partial charge in [0.1, 0.15) is 11.8 Å². The second-order valence-corrected chi connectivity index (χ2v) is 3.83. The van der Waals surface area contributed by atoms with Gasteiger partial charge in [0.05, 0.1) is 9.77 Å². The van der Waals surface area contributed by atoms with E-state index in [1.165, 1.54) is 0 Å². The smallest absolute Gasteiger partial charge is 0.166 e. The average Bonchev–Trinajstić information content (AvgIpc) is 2.65. The van der Waals surface area contributed by atoms with Crippen LogP contribution < -0.4 is 0 Å². The van der Waals surface area contributed by atoms with Crippen LogP contribution in [0, 0.1) is 14.9 Å². The maximum Gasteiger partial charge on any atom is 0.166 e. The number of hydrogen-bond donors (Lipinski definition) is 0. The first kappa shape index (κ1) is 9.15. The zero-order chi connectivity index (χ0) is 9.97. The van der Waals surface area contributed by atoms with Gasteiger partial charge in [0, 0.05) is 12.4 Å². The lowest BCUT2D eigenvalue weighted by molar-refractivity contribution is 0.869. The largest absolute Gasteiger partial charge is 0.243 e. The van der Waals surface area contributed by atoms with Crippen LogP contribution >= 0.6 is 22.6 Å². The van der Waals surface area contributed by atoms with Gasteiger partial charge < -0.3 is 0 Å². The standard InChI is InChI=1S/C9H5IN4/c10-7-5-13-14(6-7)9-2-1-3-12-8(9)4-11/h1-3,5-6H. The molecule has 2 rings (SSSR count). The normalized spacial score (nSPS) is 9.71. The van der Waals surface area contributed by atoms with E-state index in [0.717, 1.165) is 3.57 Å². The SMILES string of the molecule is N#Cc1ncccc1-n1cc(I)cn1. The molecule has 0 aliphatic rings. The van der Waals surface area contributed by atoms with Crippen molar-refractivity contribution in [3.63, 3.8) is 0 Å². The van der Waals surface area contributed by atoms with Crippen LogP contribution in [-0.4, -0.2) is 14.8 Å². The van der Waals surface area contributed by atoms with Crippen LogP contribution in [0.2, 0.25) is 0 Å². The van der Waals surface area contributed by atoms with E-state index in [-0.39, 0.29) is 0 Å². The monoisotopic (exact) mass is 296 g/mol. The van der Waals surface area contributed by atoms with Gasteiger partial charge in [0.2, 0.25) is 0 Å². The van der Waals surface area contributed by atoms with Crippen LogP contribution in [0.3, 0.4) is 0 Å². The number of halogens is 1. The summed E-state index contributed by atoms with van der Waals surface area (Å²) in [5.74, 6) is 0. The van der Waals surface area contributed by atoms with Crippen LogP contribution in [0.4, 0.5) is 0 Å². The Morgan fingerprint density at radius 1 is 1.50 bits per heavy atom. The lowest BCUT2D eigenvalue weighted by Crippen LogP contribution is -1.99. The summed E-state index contributed by atoms with van der Waals surface area (Å²) in [6.07, 6.45) is 5.17. The summed E-state index contributed by atoms with van der Waals surface area (Å²) < 4.78 is 2.67. The molecule has 0 aliphatic carbocycles. The Hall–Kier alpha value is -1.42. The molecule has 0 spiro atoms. The van der Waals surface area contributed by atoms with Gasteiger partial charge in [-0.25, -0.2) is 9.67 Å². The fraction of sp³-hybridized carbons (Fsp3) is 0. The van der Waals surface area contributed by atoms with Crippen molar-refractivity contribution in [1.82, 2.24) is 14.8 Å². The minimum atomic E-state index is 0.381. The van der Waals surface area contributed by atoms with Crippen molar-refractivity contribution in [3.8, 4) is 11.8 Å². The molecule has 0 fully saturated rings. The van der Waals surface area contributed by atoms with Gasteiger partial charge in [-0.2, -0.15) is 10.4 Å². The lowest BCUT2D eigenvalue weighted by atomic mass is 10.3. The highest BCUT2D eigenvalue weighted by atomic mass is 127. The van der Waals surface area contributed by atoms with E-state index in [1.807, 2.05) is 18.3 Å². The number of nitriles is 1. The van der Waals surface area contributed by atoms with Crippen molar-refractivity contribution in [1.29, 1.82) is 5.26 Å². The molecule has 2 aromatic rings. The van der Waals surface area contributed by atoms with Crippen molar-refractivity contribution in [3.05, 3.63) is 40.0 Å². The Balaban J connectivity index is 2.57. The summed E-state index contributed by atoms with van der Waals surface area (Å²) in [7, 11) is 0. The van der Waals surface area contributed by atoms with E-state index in [1.54, 1.807) is 23.1 Å². The predicted molar refractivity (Wildman–Crippen MR) is 58.8 cm³/mol. The molecule has 0 saturated carbocycles. The highest BCUT2D eigenvalue weighted by Gasteiger charge is 2.05. The van der Waals surface area contributed by atoms with E-state index in [0.29, 0.717) is 11.4 Å². The molecule has 2 aromatic heterocycles. The summed E-state index contributed by atoms with van der Waals surface area (Å²) in [4.78, 5) is 3.96. The molecule has 0 radical (unpaired) electrons. The van der Waals surface area contributed by atoms with Crippen molar-refractivity contribution in [2.45, 2.75) is 0 Å². The quantitative estimate of drug-likeness (QED) is 0.753. The maximum absolute atomic E-state index is 8.83. The van der Waals surface area contributed by atoms with Gasteiger partial charge in [-0.15, -0.1) is 0 Å². The van der Waals surface area contributed by atoms with E-state index in [9.17, 15) is 0 Å². The fourth-order valence-electron chi connectivity index (χ4n) is 1.10. The Labute approximate surface area is 94.3 Å². The maximum atomic E-state index is 8.83. The average molecular weight is 296 g/mol. The number of aromatic nitrogens is 3. The molecule has 0 bridgehead atoms. The molecule has 5 heteroatoms. The molecule has 2 heterocycles. The first-order valence-corrected chi connectivity index (χ1v) is 4.95. The number of pyridine rings is 1. The molecular formula is C9H5IN4. The van der Waals surface area contributed by atoms with Crippen LogP contribution in [0.25, 0.3) is 5.69 Å². The highest BCUT2D eigenvalue weighted by Crippen LogP contribution is 2.11. The summed E-state index contributed by atoms with van der Waals surface area (Å²) in [6.45, 7) is 0. The topological polar surface area (TPSA) is 54.5 Å². The zero-order valence-electron chi connectivity index (χ0n) is 7.05. The molecule has 0 amide bonds. The van der Waals surface area contributed by atoms with Gasteiger partial charge in [-0.1, -0.05) is 0 Å². The summed E-state index contributed by atoms with van der Waals surface area (Å²) in [6, 6.07) is 5.63. The van der Waals surface area contributed by atoms with E-state index >= 15 is 0 Å². The molecular weight excluding hydrogens is 291 g/mol. The molecule has 0 aliphatic heterocycles. The van der Waals surface area contributed by atoms with Crippen LogP contribution in [0.1, 0.15) is 5.69 Å². The Morgan fingerprint density at radius 2 is 2.36 bits per heavy atom. The third-order valence-electron chi connectivity index (χ3n) is 1.69. The Morgan fingerprint density at radius 3 is 3.00 bits per heavy atom. The van der Waals surface area contributed by atoms with Crippen LogP contribution in [-0.2, 0) is 0 Å². The first-order valence-electron chi connectivity index (χ1n) is 3.87. The van der Waals surface area contributed by atoms with Crippen molar-refractivity contribution < 1.29 is 0 Å². The molecule has 0 unspecified atom stereocenters. The van der Waals surface area contributed by atoms with E-state index in [2.05, 4.69) is 32.7 Å². The van der Waals surface area contributed by atoms with Crippen LogP contribution in [0.15, 0.2) is 30.7 Å². The molecule has 14 heavy (non-hydrogen) atoms. The zero-order valence-corrected chi connectivity index (χ0v) is 9.21. The number of rotatable bonds is 1. The lowest BCUT2D eigenvalue weighted by Gasteiger charge is -2.00. The second kappa shape index (κ2) is 3.75. The minimum absolute atomic E-state index is 0.381. The number of hydrogen-bond acceptors (Lipinski definition) is 3. The summed E-state index contributed by atoms with van der Waals surface area (Å²) in [5.41, 5.74) is 1.09. The third-order valence-corrected chi connectivity index (χ3v) is 2.25. The molecule has 0 atom stereocenters. The van der Waals surface area contributed by atoms with Gasteiger partial charge in [0.15, 0.2) is 5.69 Å². The van der Waals surface area contributed by atoms with Crippen molar-refractivity contribution in [2.75, 3.05) is 0 Å². The molecule has 0 N–H and O–H groups in total. The van der Waals surface area contributed by atoms with Gasteiger partial charge in [-0.05, 0) is 34.7 Å². The van der Waals surface area contributed by atoms with Crippen molar-refractivity contribution >= 4 is 22.6 Å². The number of nitrogens with zero attached hydrogens (tertiary/aromatic N) is 4. The molecule has 0 saturated heterocycles.